The van der Waals surface area contributed by atoms with Crippen LogP contribution in [0.3, 0.4) is 0 Å². The maximum Gasteiger partial charge on any atom is 0.327 e. The van der Waals surface area contributed by atoms with Crippen LogP contribution < -0.4 is 10.6 Å². The molecule has 7 nitrogen and oxygen atoms in total. The molecule has 0 saturated heterocycles. The van der Waals surface area contributed by atoms with Crippen LogP contribution in [0.15, 0.2) is 109 Å². The molecule has 50 heavy (non-hydrogen) atoms. The minimum Gasteiger partial charge on any atom is -0.480 e. The second kappa shape index (κ2) is 15.2. The van der Waals surface area contributed by atoms with Crippen LogP contribution in [-0.4, -0.2) is 45.5 Å². The van der Waals surface area contributed by atoms with Crippen LogP contribution in [-0.2, 0) is 25.2 Å². The number of nitrogens with one attached hydrogen (secondary N) is 2. The number of aliphatic carboxylic acids is 1. The van der Waals surface area contributed by atoms with Gasteiger partial charge in [0.2, 0.25) is 5.72 Å². The number of hydrogen-bond donors (Lipinski definition) is 4. The van der Waals surface area contributed by atoms with Gasteiger partial charge in [0.05, 0.1) is 4.75 Å². The summed E-state index contributed by atoms with van der Waals surface area (Å²) in [5.41, 5.74) is 2.08. The van der Waals surface area contributed by atoms with Crippen molar-refractivity contribution in [3.05, 3.63) is 143 Å². The summed E-state index contributed by atoms with van der Waals surface area (Å²) in [5.74, 6) is -3.74. The molecule has 8 heteroatoms. The molecule has 4 N–H and O–H groups in total. The summed E-state index contributed by atoms with van der Waals surface area (Å²) in [4.78, 5) is 40.5. The number of carbonyl (C=O) groups is 3. The Hall–Kier alpha value is -4.40. The summed E-state index contributed by atoms with van der Waals surface area (Å²) in [6.45, 7) is 15.5. The van der Waals surface area contributed by atoms with E-state index >= 15 is 0 Å². The average molecular weight is 695 g/mol. The van der Waals surface area contributed by atoms with Crippen LogP contribution in [0.4, 0.5) is 0 Å². The molecule has 4 aromatic rings. The zero-order valence-electron chi connectivity index (χ0n) is 30.3. The molecule has 2 amide bonds. The lowest BCUT2D eigenvalue weighted by Crippen LogP contribution is -2.64. The van der Waals surface area contributed by atoms with Crippen molar-refractivity contribution in [2.75, 3.05) is 5.75 Å². The molecule has 0 bridgehead atoms. The lowest BCUT2D eigenvalue weighted by atomic mass is 9.79. The third-order valence-electron chi connectivity index (χ3n) is 9.02. The summed E-state index contributed by atoms with van der Waals surface area (Å²) in [7, 11) is 0. The molecule has 1 unspecified atom stereocenters. The fraction of sp³-hybridized carbons (Fsp3) is 0.357. The topological polar surface area (TPSA) is 116 Å². The fourth-order valence-corrected chi connectivity index (χ4v) is 7.30. The SMILES string of the molecule is CC(C)C(O)(NC(=O)c1cc(C(C)(C)C)cc(C(C)(C)C)c1)C(=O)N[C@@H](CSC(c1ccccc1)(c1ccccc1)c1ccccc1)C(=O)O. The number of hydrogen-bond acceptors (Lipinski definition) is 5. The Kier molecular flexibility index (Phi) is 11.7. The molecule has 0 aliphatic heterocycles. The highest BCUT2D eigenvalue weighted by Crippen LogP contribution is 2.48. The molecule has 0 radical (unpaired) electrons. The van der Waals surface area contributed by atoms with Gasteiger partial charge in [-0.05, 0) is 50.8 Å². The number of carboxylic acids is 1. The molecule has 0 aromatic heterocycles. The molecule has 0 spiro atoms. The van der Waals surface area contributed by atoms with Gasteiger partial charge in [-0.15, -0.1) is 11.8 Å². The number of rotatable bonds is 12. The molecule has 4 rings (SSSR count). The first kappa shape index (κ1) is 38.4. The molecule has 264 valence electrons. The molecule has 0 saturated carbocycles. The first-order chi connectivity index (χ1) is 23.4. The highest BCUT2D eigenvalue weighted by atomic mass is 32.2. The van der Waals surface area contributed by atoms with E-state index in [1.165, 1.54) is 11.8 Å². The van der Waals surface area contributed by atoms with E-state index in [1.807, 2.05) is 91.0 Å². The first-order valence-corrected chi connectivity index (χ1v) is 17.9. The molecular weight excluding hydrogens is 645 g/mol. The van der Waals surface area contributed by atoms with Crippen LogP contribution >= 0.6 is 11.8 Å². The summed E-state index contributed by atoms with van der Waals surface area (Å²) in [6.07, 6.45) is 0. The standard InChI is InChI=1S/C42H50N2O5S/c1-28(2)42(49,44-36(45)29-24-33(39(3,4)5)26-34(25-29)40(6,7)8)38(48)43-35(37(46)47)27-50-41(30-18-12-9-13-19-30,31-20-14-10-15-21-31)32-22-16-11-17-23-32/h9-26,28,35,49H,27H2,1-8H3,(H,43,48)(H,44,45)(H,46,47)/t35-,42?/m0/s1. The molecule has 4 aromatic carbocycles. The van der Waals surface area contributed by atoms with Crippen molar-refractivity contribution in [2.24, 2.45) is 5.92 Å². The van der Waals surface area contributed by atoms with Crippen LogP contribution in [0.2, 0.25) is 0 Å². The summed E-state index contributed by atoms with van der Waals surface area (Å²) >= 11 is 1.38. The largest absolute Gasteiger partial charge is 0.480 e. The zero-order chi connectivity index (χ0) is 36.9. The summed E-state index contributed by atoms with van der Waals surface area (Å²) in [6, 6.07) is 33.7. The van der Waals surface area contributed by atoms with Gasteiger partial charge >= 0.3 is 5.97 Å². The van der Waals surface area contributed by atoms with Crippen molar-refractivity contribution in [3.8, 4) is 0 Å². The normalized spacial score (nSPS) is 14.0. The van der Waals surface area contributed by atoms with Gasteiger partial charge < -0.3 is 20.8 Å². The minimum atomic E-state index is -2.40. The van der Waals surface area contributed by atoms with Gasteiger partial charge in [0.25, 0.3) is 11.8 Å². The summed E-state index contributed by atoms with van der Waals surface area (Å²) in [5, 5.41) is 27.3. The van der Waals surface area contributed by atoms with Gasteiger partial charge in [-0.3, -0.25) is 9.59 Å². The number of carboxylic acid groups (broad SMARTS) is 1. The molecule has 2 atom stereocenters. The van der Waals surface area contributed by atoms with Gasteiger partial charge in [0.15, 0.2) is 0 Å². The predicted molar refractivity (Wildman–Crippen MR) is 202 cm³/mol. The lowest BCUT2D eigenvalue weighted by molar-refractivity contribution is -0.152. The van der Waals surface area contributed by atoms with E-state index in [-0.39, 0.29) is 16.6 Å². The zero-order valence-corrected chi connectivity index (χ0v) is 31.1. The number of carbonyl (C=O) groups excluding carboxylic acids is 2. The Balaban J connectivity index is 1.68. The highest BCUT2D eigenvalue weighted by Gasteiger charge is 2.44. The predicted octanol–water partition coefficient (Wildman–Crippen LogP) is 7.65. The van der Waals surface area contributed by atoms with Crippen molar-refractivity contribution in [1.29, 1.82) is 0 Å². The van der Waals surface area contributed by atoms with E-state index in [0.717, 1.165) is 27.8 Å². The van der Waals surface area contributed by atoms with Crippen LogP contribution in [0, 0.1) is 5.92 Å². The maximum absolute atomic E-state index is 13.9. The van der Waals surface area contributed by atoms with E-state index < -0.39 is 40.2 Å². The van der Waals surface area contributed by atoms with E-state index in [9.17, 15) is 24.6 Å². The van der Waals surface area contributed by atoms with E-state index in [0.29, 0.717) is 5.56 Å². The maximum atomic E-state index is 13.9. The Morgan fingerprint density at radius 2 is 1.06 bits per heavy atom. The van der Waals surface area contributed by atoms with Gasteiger partial charge in [-0.25, -0.2) is 4.79 Å². The van der Waals surface area contributed by atoms with Gasteiger partial charge in [-0.2, -0.15) is 0 Å². The second-order valence-electron chi connectivity index (χ2n) is 15.1. The minimum absolute atomic E-state index is 0.0511. The van der Waals surface area contributed by atoms with Gasteiger partial charge in [-0.1, -0.05) is 152 Å². The monoisotopic (exact) mass is 694 g/mol. The first-order valence-electron chi connectivity index (χ1n) is 16.9. The average Bonchev–Trinajstić information content (AvgIpc) is 3.08. The van der Waals surface area contributed by atoms with Crippen molar-refractivity contribution >= 4 is 29.5 Å². The molecule has 0 aliphatic carbocycles. The number of amides is 2. The Bertz CT molecular complexity index is 1650. The Morgan fingerprint density at radius 1 is 0.660 bits per heavy atom. The molecule has 0 fully saturated rings. The molecule has 0 aliphatic rings. The number of thioether (sulfide) groups is 1. The molecule has 0 heterocycles. The Labute approximate surface area is 300 Å². The van der Waals surface area contributed by atoms with Crippen molar-refractivity contribution < 1.29 is 24.6 Å². The summed E-state index contributed by atoms with van der Waals surface area (Å²) < 4.78 is -0.826. The van der Waals surface area contributed by atoms with Crippen molar-refractivity contribution in [1.82, 2.24) is 10.6 Å². The highest BCUT2D eigenvalue weighted by molar-refractivity contribution is 8.00. The Morgan fingerprint density at radius 3 is 1.40 bits per heavy atom. The number of aliphatic hydroxyl groups is 1. The van der Waals surface area contributed by atoms with E-state index in [2.05, 4.69) is 58.2 Å². The smallest absolute Gasteiger partial charge is 0.327 e. The fourth-order valence-electron chi connectivity index (χ4n) is 5.75. The second-order valence-corrected chi connectivity index (χ2v) is 16.4. The van der Waals surface area contributed by atoms with Crippen LogP contribution in [0.25, 0.3) is 0 Å². The van der Waals surface area contributed by atoms with Gasteiger partial charge in [0.1, 0.15) is 6.04 Å². The van der Waals surface area contributed by atoms with E-state index in [1.54, 1.807) is 26.0 Å². The van der Waals surface area contributed by atoms with Crippen LogP contribution in [0.1, 0.15) is 93.6 Å². The van der Waals surface area contributed by atoms with Crippen molar-refractivity contribution in [3.63, 3.8) is 0 Å². The van der Waals surface area contributed by atoms with Crippen LogP contribution in [0.5, 0.6) is 0 Å². The van der Waals surface area contributed by atoms with Crippen molar-refractivity contribution in [2.45, 2.75) is 82.7 Å². The third kappa shape index (κ3) is 8.48. The van der Waals surface area contributed by atoms with E-state index in [4.69, 9.17) is 0 Å². The number of benzene rings is 4. The molecular formula is C42H50N2O5S. The van der Waals surface area contributed by atoms with Gasteiger partial charge in [0, 0.05) is 17.2 Å². The quantitative estimate of drug-likeness (QED) is 0.0895. The lowest BCUT2D eigenvalue weighted by Gasteiger charge is -2.37. The third-order valence-corrected chi connectivity index (χ3v) is 10.7.